The molecule has 2 aromatic rings. The monoisotopic (exact) mass is 630 g/mol. The minimum absolute atomic E-state index is 0.0361. The Kier molecular flexibility index (Phi) is 8.57. The van der Waals surface area contributed by atoms with E-state index in [-0.39, 0.29) is 49.6 Å². The van der Waals surface area contributed by atoms with Crippen molar-refractivity contribution in [1.29, 1.82) is 0 Å². The molecule has 1 aromatic heterocycles. The van der Waals surface area contributed by atoms with E-state index in [4.69, 9.17) is 18.9 Å². The van der Waals surface area contributed by atoms with Gasteiger partial charge in [-0.05, 0) is 50.2 Å². The van der Waals surface area contributed by atoms with Crippen LogP contribution in [0.15, 0.2) is 18.2 Å². The average Bonchev–Trinajstić information content (AvgIpc) is 3.58. The van der Waals surface area contributed by atoms with Crippen molar-refractivity contribution in [3.8, 4) is 11.6 Å². The molecule has 1 N–H and O–H groups in total. The summed E-state index contributed by atoms with van der Waals surface area (Å²) in [5.41, 5.74) is -0.723. The Balaban J connectivity index is 1.39. The van der Waals surface area contributed by atoms with Gasteiger partial charge in [0.1, 0.15) is 30.3 Å². The highest BCUT2D eigenvalue weighted by atomic mass is 19.3. The predicted octanol–water partition coefficient (Wildman–Crippen LogP) is 4.40. The van der Waals surface area contributed by atoms with Gasteiger partial charge in [-0.3, -0.25) is 4.79 Å². The maximum atomic E-state index is 16.0. The summed E-state index contributed by atoms with van der Waals surface area (Å²) >= 11 is 0. The molecule has 1 saturated carbocycles. The van der Waals surface area contributed by atoms with Crippen LogP contribution in [0, 0.1) is 17.3 Å². The molecule has 0 radical (unpaired) electrons. The molecule has 3 aliphatic heterocycles. The lowest BCUT2D eigenvalue weighted by molar-refractivity contribution is -0.157. The van der Waals surface area contributed by atoms with Crippen LogP contribution in [0.25, 0.3) is 11.0 Å². The quantitative estimate of drug-likeness (QED) is 0.491. The van der Waals surface area contributed by atoms with Gasteiger partial charge in [-0.25, -0.2) is 14.8 Å². The molecule has 1 aromatic carbocycles. The third-order valence-corrected chi connectivity index (χ3v) is 9.97. The van der Waals surface area contributed by atoms with Crippen LogP contribution in [-0.4, -0.2) is 84.3 Å². The topological polar surface area (TPSA) is 129 Å². The Morgan fingerprint density at radius 1 is 1.04 bits per heavy atom. The largest absolute Gasteiger partial charge is 0.497 e. The number of amides is 2. The molecule has 0 unspecified atom stereocenters. The van der Waals surface area contributed by atoms with Crippen molar-refractivity contribution in [2.45, 2.75) is 89.0 Å². The molecule has 1 aliphatic carbocycles. The first-order chi connectivity index (χ1) is 21.5. The lowest BCUT2D eigenvalue weighted by Gasteiger charge is -2.45. The molecule has 11 nitrogen and oxygen atoms in total. The van der Waals surface area contributed by atoms with Gasteiger partial charge in [-0.15, -0.1) is 0 Å². The standard InChI is InChI=1S/C32H40F2N4O7/c1-18-23(15-39)38-14-25(18)44-28-26(35-21-11-10-20(42-3)13-22(21)36-28)32(33,34)12-5-4-7-19-8-6-9-24(19)45-30(41)37-27(29(38)40)31(2)16-43-17-31/h10-11,13,15,18-19,23-25,27H,4-9,12,14,16-17H2,1-3H3,(H,37,41)/t18-,19+,23+,24+,25-,27+/m0/s1. The first-order valence-electron chi connectivity index (χ1n) is 15.7. The molecule has 45 heavy (non-hydrogen) atoms. The Bertz CT molecular complexity index is 1450. The van der Waals surface area contributed by atoms with Crippen LogP contribution in [0.4, 0.5) is 13.6 Å². The maximum absolute atomic E-state index is 16.0. The average molecular weight is 631 g/mol. The fourth-order valence-electron chi connectivity index (χ4n) is 7.11. The number of nitrogens with zero attached hydrogens (tertiary/aromatic N) is 3. The van der Waals surface area contributed by atoms with Gasteiger partial charge in [0.25, 0.3) is 5.92 Å². The molecular formula is C32H40F2N4O7. The number of hydrogen-bond donors (Lipinski definition) is 1. The van der Waals surface area contributed by atoms with Crippen molar-refractivity contribution in [2.75, 3.05) is 26.9 Å². The molecule has 3 fully saturated rings. The van der Waals surface area contributed by atoms with E-state index in [1.54, 1.807) is 25.1 Å². The highest BCUT2D eigenvalue weighted by Crippen LogP contribution is 2.42. The zero-order chi connectivity index (χ0) is 31.9. The molecule has 244 valence electrons. The van der Waals surface area contributed by atoms with E-state index in [1.807, 2.05) is 6.92 Å². The number of benzene rings is 1. The number of ether oxygens (including phenoxy) is 4. The van der Waals surface area contributed by atoms with E-state index in [2.05, 4.69) is 15.3 Å². The van der Waals surface area contributed by atoms with Crippen LogP contribution in [0.1, 0.15) is 64.5 Å². The van der Waals surface area contributed by atoms with Gasteiger partial charge in [0.05, 0.1) is 43.9 Å². The summed E-state index contributed by atoms with van der Waals surface area (Å²) in [4.78, 5) is 49.9. The van der Waals surface area contributed by atoms with Crippen LogP contribution in [0.3, 0.4) is 0 Å². The van der Waals surface area contributed by atoms with Crippen molar-refractivity contribution >= 4 is 29.3 Å². The summed E-state index contributed by atoms with van der Waals surface area (Å²) in [7, 11) is 1.49. The Morgan fingerprint density at radius 2 is 1.82 bits per heavy atom. The summed E-state index contributed by atoms with van der Waals surface area (Å²) in [6.07, 6.45) is 1.98. The number of nitrogens with one attached hydrogen (secondary N) is 1. The fourth-order valence-corrected chi connectivity index (χ4v) is 7.11. The minimum Gasteiger partial charge on any atom is -0.497 e. The summed E-state index contributed by atoms with van der Waals surface area (Å²) in [5.74, 6) is -4.25. The van der Waals surface area contributed by atoms with Crippen molar-refractivity contribution in [3.05, 3.63) is 23.9 Å². The SMILES string of the molecule is COc1ccc2nc3c(nc2c1)O[C@H]1CN(C(=O)[C@H](C2(C)COC2)NC(=O)O[C@@H]2CCC[C@H]2CCCCC3(F)F)[C@H](C=O)[C@@H]1C. The van der Waals surface area contributed by atoms with Gasteiger partial charge in [-0.2, -0.15) is 8.78 Å². The van der Waals surface area contributed by atoms with E-state index in [9.17, 15) is 14.4 Å². The molecule has 2 saturated heterocycles. The molecule has 4 heterocycles. The Hall–Kier alpha value is -3.61. The third-order valence-electron chi connectivity index (χ3n) is 9.97. The molecule has 6 atom stereocenters. The van der Waals surface area contributed by atoms with E-state index >= 15 is 8.78 Å². The summed E-state index contributed by atoms with van der Waals surface area (Å²) < 4.78 is 54.7. The second-order valence-electron chi connectivity index (χ2n) is 13.2. The van der Waals surface area contributed by atoms with Crippen LogP contribution < -0.4 is 14.8 Å². The van der Waals surface area contributed by atoms with Crippen LogP contribution in [0.5, 0.6) is 11.6 Å². The van der Waals surface area contributed by atoms with Gasteiger partial charge in [0.15, 0.2) is 5.69 Å². The highest BCUT2D eigenvalue weighted by Gasteiger charge is 2.52. The van der Waals surface area contributed by atoms with Crippen molar-refractivity contribution in [3.63, 3.8) is 0 Å². The highest BCUT2D eigenvalue weighted by molar-refractivity contribution is 5.89. The normalized spacial score (nSPS) is 31.7. The predicted molar refractivity (Wildman–Crippen MR) is 157 cm³/mol. The number of aromatic nitrogens is 2. The zero-order valence-corrected chi connectivity index (χ0v) is 25.8. The number of fused-ring (bicyclic) bond motifs is 5. The summed E-state index contributed by atoms with van der Waals surface area (Å²) in [6, 6.07) is 2.84. The number of methoxy groups -OCH3 is 1. The van der Waals surface area contributed by atoms with Crippen molar-refractivity contribution in [2.24, 2.45) is 17.3 Å². The van der Waals surface area contributed by atoms with Crippen LogP contribution >= 0.6 is 0 Å². The van der Waals surface area contributed by atoms with Gasteiger partial charge in [0.2, 0.25) is 11.8 Å². The smallest absolute Gasteiger partial charge is 0.408 e. The first kappa shape index (κ1) is 31.4. The maximum Gasteiger partial charge on any atom is 0.408 e. The van der Waals surface area contributed by atoms with E-state index in [0.717, 1.165) is 12.8 Å². The summed E-state index contributed by atoms with van der Waals surface area (Å²) in [6.45, 7) is 3.94. The van der Waals surface area contributed by atoms with E-state index in [0.29, 0.717) is 36.8 Å². The molecule has 13 heteroatoms. The number of hydrogen-bond acceptors (Lipinski definition) is 9. The number of carbonyl (C=O) groups is 3. The minimum atomic E-state index is -3.36. The first-order valence-corrected chi connectivity index (χ1v) is 15.7. The third kappa shape index (κ3) is 6.03. The molecule has 6 rings (SSSR count). The lowest BCUT2D eigenvalue weighted by Crippen LogP contribution is -2.63. The number of alkyl carbamates (subject to hydrolysis) is 1. The lowest BCUT2D eigenvalue weighted by atomic mass is 9.79. The Morgan fingerprint density at radius 3 is 2.53 bits per heavy atom. The number of halogens is 2. The van der Waals surface area contributed by atoms with Gasteiger partial charge >= 0.3 is 6.09 Å². The molecule has 2 amide bonds. The fraction of sp³-hybridized carbons (Fsp3) is 0.656. The number of alkyl halides is 2. The van der Waals surface area contributed by atoms with Crippen LogP contribution in [-0.2, 0) is 25.0 Å². The van der Waals surface area contributed by atoms with Crippen molar-refractivity contribution < 1.29 is 42.1 Å². The number of aldehydes is 1. The second kappa shape index (κ2) is 12.3. The van der Waals surface area contributed by atoms with Gasteiger partial charge in [0, 0.05) is 23.8 Å². The molecule has 0 spiro atoms. The van der Waals surface area contributed by atoms with E-state index < -0.39 is 59.6 Å². The zero-order valence-electron chi connectivity index (χ0n) is 25.8. The van der Waals surface area contributed by atoms with E-state index in [1.165, 1.54) is 12.0 Å². The summed E-state index contributed by atoms with van der Waals surface area (Å²) in [5, 5.41) is 2.80. The Labute approximate surface area is 260 Å². The second-order valence-corrected chi connectivity index (χ2v) is 13.2. The number of carbonyl (C=O) groups excluding carboxylic acids is 3. The van der Waals surface area contributed by atoms with Crippen LogP contribution in [0.2, 0.25) is 0 Å². The molecule has 4 aliphatic rings. The van der Waals surface area contributed by atoms with Crippen molar-refractivity contribution in [1.82, 2.24) is 20.2 Å². The van der Waals surface area contributed by atoms with Gasteiger partial charge < -0.3 is 34.0 Å². The molecular weight excluding hydrogens is 590 g/mol. The number of rotatable bonds is 3. The van der Waals surface area contributed by atoms with Gasteiger partial charge in [-0.1, -0.05) is 20.3 Å². The molecule has 2 bridgehead atoms.